The molecule has 1 N–H and O–H groups in total. The summed E-state index contributed by atoms with van der Waals surface area (Å²) in [4.78, 5) is 26.9. The van der Waals surface area contributed by atoms with Crippen molar-refractivity contribution in [3.8, 4) is 0 Å². The topological polar surface area (TPSA) is 93.3 Å². The number of benzene rings is 1. The van der Waals surface area contributed by atoms with Crippen molar-refractivity contribution in [3.05, 3.63) is 59.8 Å². The fourth-order valence-corrected chi connectivity index (χ4v) is 4.45. The fraction of sp³-hybridized carbons (Fsp3) is 0.333. The molecule has 1 aliphatic rings. The van der Waals surface area contributed by atoms with E-state index < -0.39 is 0 Å². The van der Waals surface area contributed by atoms with Crippen LogP contribution in [0.5, 0.6) is 0 Å². The Morgan fingerprint density at radius 2 is 2.07 bits per heavy atom. The lowest BCUT2D eigenvalue weighted by Crippen LogP contribution is -2.30. The maximum Gasteiger partial charge on any atom is 0.287 e. The highest BCUT2D eigenvalue weighted by molar-refractivity contribution is 7.99. The summed E-state index contributed by atoms with van der Waals surface area (Å²) < 4.78 is 7.05. The second-order valence-electron chi connectivity index (χ2n) is 6.97. The maximum absolute atomic E-state index is 12.8. The lowest BCUT2D eigenvalue weighted by molar-refractivity contribution is -0.116. The SMILES string of the molecule is CCn1c(SCC(=O)N2CCc3ccccc32)nnc1C(C)NC(=O)c1ccco1. The second kappa shape index (κ2) is 8.74. The van der Waals surface area contributed by atoms with E-state index in [1.807, 2.05) is 41.5 Å². The first-order valence-electron chi connectivity index (χ1n) is 9.87. The standard InChI is InChI=1S/C21H23N5O3S/c1-3-25-19(14(2)22-20(28)17-9-6-12-29-17)23-24-21(25)30-13-18(27)26-11-10-15-7-4-5-8-16(15)26/h4-9,12,14H,3,10-11,13H2,1-2H3,(H,22,28). The van der Waals surface area contributed by atoms with Crippen LogP contribution in [-0.2, 0) is 17.8 Å². The lowest BCUT2D eigenvalue weighted by atomic mass is 10.2. The van der Waals surface area contributed by atoms with Gasteiger partial charge in [0, 0.05) is 18.8 Å². The van der Waals surface area contributed by atoms with Gasteiger partial charge in [-0.25, -0.2) is 0 Å². The molecule has 9 heteroatoms. The number of para-hydroxylation sites is 1. The Balaban J connectivity index is 1.41. The van der Waals surface area contributed by atoms with Gasteiger partial charge in [0.1, 0.15) is 0 Å². The molecule has 0 saturated carbocycles. The van der Waals surface area contributed by atoms with Crippen LogP contribution >= 0.6 is 11.8 Å². The number of rotatable bonds is 7. The smallest absolute Gasteiger partial charge is 0.287 e. The Labute approximate surface area is 178 Å². The average Bonchev–Trinajstić information content (AvgIpc) is 3.51. The van der Waals surface area contributed by atoms with Gasteiger partial charge in [-0.3, -0.25) is 9.59 Å². The van der Waals surface area contributed by atoms with E-state index in [4.69, 9.17) is 4.42 Å². The number of thioether (sulfide) groups is 1. The highest BCUT2D eigenvalue weighted by Crippen LogP contribution is 2.29. The number of fused-ring (bicyclic) bond motifs is 1. The van der Waals surface area contributed by atoms with Crippen molar-refractivity contribution >= 4 is 29.3 Å². The number of amides is 2. The molecule has 3 aromatic rings. The van der Waals surface area contributed by atoms with Crippen LogP contribution < -0.4 is 10.2 Å². The van der Waals surface area contributed by atoms with Crippen LogP contribution in [0.2, 0.25) is 0 Å². The van der Waals surface area contributed by atoms with Gasteiger partial charge in [0.05, 0.1) is 18.1 Å². The predicted molar refractivity (Wildman–Crippen MR) is 114 cm³/mol. The van der Waals surface area contributed by atoms with E-state index in [2.05, 4.69) is 21.6 Å². The zero-order chi connectivity index (χ0) is 21.1. The maximum atomic E-state index is 12.8. The van der Waals surface area contributed by atoms with Gasteiger partial charge in [-0.2, -0.15) is 0 Å². The third kappa shape index (κ3) is 3.97. The van der Waals surface area contributed by atoms with Crippen molar-refractivity contribution in [2.75, 3.05) is 17.2 Å². The van der Waals surface area contributed by atoms with Gasteiger partial charge < -0.3 is 19.2 Å². The van der Waals surface area contributed by atoms with E-state index in [1.165, 1.54) is 23.6 Å². The zero-order valence-electron chi connectivity index (χ0n) is 16.9. The number of furan rings is 1. The average molecular weight is 426 g/mol. The molecule has 0 spiro atoms. The summed E-state index contributed by atoms with van der Waals surface area (Å²) in [7, 11) is 0. The summed E-state index contributed by atoms with van der Waals surface area (Å²) in [5.74, 6) is 0.903. The van der Waals surface area contributed by atoms with Gasteiger partial charge in [-0.1, -0.05) is 30.0 Å². The van der Waals surface area contributed by atoms with E-state index in [0.717, 1.165) is 12.1 Å². The van der Waals surface area contributed by atoms with Crippen LogP contribution in [0.1, 0.15) is 41.8 Å². The third-order valence-electron chi connectivity index (χ3n) is 5.05. The molecule has 1 aliphatic heterocycles. The minimum atomic E-state index is -0.356. The van der Waals surface area contributed by atoms with Crippen molar-refractivity contribution in [1.82, 2.24) is 20.1 Å². The van der Waals surface area contributed by atoms with Crippen LogP contribution in [-0.4, -0.2) is 38.9 Å². The largest absolute Gasteiger partial charge is 0.459 e. The number of hydrogen-bond acceptors (Lipinski definition) is 6. The van der Waals surface area contributed by atoms with Gasteiger partial charge in [0.15, 0.2) is 16.7 Å². The van der Waals surface area contributed by atoms with Crippen LogP contribution in [0.25, 0.3) is 0 Å². The first kappa shape index (κ1) is 20.2. The third-order valence-corrected chi connectivity index (χ3v) is 6.01. The van der Waals surface area contributed by atoms with Crippen LogP contribution in [0.3, 0.4) is 0 Å². The number of carbonyl (C=O) groups excluding carboxylic acids is 2. The normalized spacial score (nSPS) is 13.9. The Morgan fingerprint density at radius 1 is 1.23 bits per heavy atom. The molecule has 1 atom stereocenters. The molecule has 1 aromatic carbocycles. The Bertz CT molecular complexity index is 1050. The van der Waals surface area contributed by atoms with Gasteiger partial charge in [0.2, 0.25) is 5.91 Å². The van der Waals surface area contributed by atoms with Crippen LogP contribution in [0.4, 0.5) is 5.69 Å². The molecule has 2 amide bonds. The van der Waals surface area contributed by atoms with Crippen molar-refractivity contribution in [3.63, 3.8) is 0 Å². The number of nitrogens with one attached hydrogen (secondary N) is 1. The highest BCUT2D eigenvalue weighted by Gasteiger charge is 2.25. The Morgan fingerprint density at radius 3 is 2.83 bits per heavy atom. The minimum absolute atomic E-state index is 0.0522. The summed E-state index contributed by atoms with van der Waals surface area (Å²) in [5.41, 5.74) is 2.20. The molecule has 8 nitrogen and oxygen atoms in total. The molecule has 0 fully saturated rings. The molecule has 0 bridgehead atoms. The number of aromatic nitrogens is 3. The molecule has 0 saturated heterocycles. The van der Waals surface area contributed by atoms with E-state index in [-0.39, 0.29) is 29.4 Å². The lowest BCUT2D eigenvalue weighted by Gasteiger charge is -2.17. The van der Waals surface area contributed by atoms with Crippen LogP contribution in [0.15, 0.2) is 52.2 Å². The van der Waals surface area contributed by atoms with Crippen molar-refractivity contribution in [1.29, 1.82) is 0 Å². The second-order valence-corrected chi connectivity index (χ2v) is 7.91. The molecule has 2 aromatic heterocycles. The monoisotopic (exact) mass is 425 g/mol. The molecule has 4 rings (SSSR count). The quantitative estimate of drug-likeness (QED) is 0.585. The first-order valence-corrected chi connectivity index (χ1v) is 10.9. The summed E-state index contributed by atoms with van der Waals surface area (Å²) >= 11 is 1.36. The van der Waals surface area contributed by atoms with Crippen molar-refractivity contribution < 1.29 is 14.0 Å². The Hall–Kier alpha value is -3.07. The molecular formula is C21H23N5O3S. The van der Waals surface area contributed by atoms with Gasteiger partial charge >= 0.3 is 0 Å². The molecule has 0 aliphatic carbocycles. The van der Waals surface area contributed by atoms with Gasteiger partial charge in [-0.15, -0.1) is 10.2 Å². The van der Waals surface area contributed by atoms with E-state index in [9.17, 15) is 9.59 Å². The summed E-state index contributed by atoms with van der Waals surface area (Å²) in [5, 5.41) is 12.0. The van der Waals surface area contributed by atoms with Crippen LogP contribution in [0, 0.1) is 0 Å². The number of anilines is 1. The number of hydrogen-bond donors (Lipinski definition) is 1. The molecular weight excluding hydrogens is 402 g/mol. The molecule has 30 heavy (non-hydrogen) atoms. The van der Waals surface area contributed by atoms with Crippen molar-refractivity contribution in [2.24, 2.45) is 0 Å². The van der Waals surface area contributed by atoms with Crippen molar-refractivity contribution in [2.45, 2.75) is 38.0 Å². The molecule has 3 heterocycles. The molecule has 0 radical (unpaired) electrons. The molecule has 156 valence electrons. The summed E-state index contributed by atoms with van der Waals surface area (Å²) in [6.45, 7) is 5.17. The van der Waals surface area contributed by atoms with E-state index in [0.29, 0.717) is 24.1 Å². The number of carbonyl (C=O) groups is 2. The van der Waals surface area contributed by atoms with Gasteiger partial charge in [0.25, 0.3) is 5.91 Å². The number of nitrogens with zero attached hydrogens (tertiary/aromatic N) is 4. The first-order chi connectivity index (χ1) is 14.6. The predicted octanol–water partition coefficient (Wildman–Crippen LogP) is 3.06. The highest BCUT2D eigenvalue weighted by atomic mass is 32.2. The van der Waals surface area contributed by atoms with Gasteiger partial charge in [-0.05, 0) is 44.0 Å². The van der Waals surface area contributed by atoms with E-state index >= 15 is 0 Å². The zero-order valence-corrected chi connectivity index (χ0v) is 17.7. The Kier molecular flexibility index (Phi) is 5.89. The summed E-state index contributed by atoms with van der Waals surface area (Å²) in [6, 6.07) is 10.9. The molecule has 1 unspecified atom stereocenters. The van der Waals surface area contributed by atoms with E-state index in [1.54, 1.807) is 12.1 Å². The fourth-order valence-electron chi connectivity index (χ4n) is 3.57. The minimum Gasteiger partial charge on any atom is -0.459 e. The summed E-state index contributed by atoms with van der Waals surface area (Å²) in [6.07, 6.45) is 2.34.